The Hall–Kier alpha value is -3.78. The van der Waals surface area contributed by atoms with E-state index in [0.717, 1.165) is 42.7 Å². The van der Waals surface area contributed by atoms with Crippen molar-refractivity contribution in [3.05, 3.63) is 77.6 Å². The first-order chi connectivity index (χ1) is 19.3. The van der Waals surface area contributed by atoms with Gasteiger partial charge in [0.25, 0.3) is 5.91 Å². The van der Waals surface area contributed by atoms with Crippen LogP contribution >= 0.6 is 0 Å². The van der Waals surface area contributed by atoms with E-state index in [1.54, 1.807) is 0 Å². The largest absolute Gasteiger partial charge is 0.492 e. The summed E-state index contributed by atoms with van der Waals surface area (Å²) >= 11 is 0. The third-order valence-corrected chi connectivity index (χ3v) is 7.47. The first-order valence-corrected chi connectivity index (χ1v) is 14.1. The van der Waals surface area contributed by atoms with Crippen molar-refractivity contribution in [3.8, 4) is 17.2 Å². The lowest BCUT2D eigenvalue weighted by atomic mass is 9.84. The van der Waals surface area contributed by atoms with E-state index < -0.39 is 5.41 Å². The molecular formula is C32H41N3O5. The van der Waals surface area contributed by atoms with Crippen LogP contribution in [0.2, 0.25) is 0 Å². The second kappa shape index (κ2) is 13.0. The summed E-state index contributed by atoms with van der Waals surface area (Å²) in [7, 11) is 1.39. The summed E-state index contributed by atoms with van der Waals surface area (Å²) in [4.78, 5) is 28.3. The molecule has 0 radical (unpaired) electrons. The highest BCUT2D eigenvalue weighted by atomic mass is 16.5. The summed E-state index contributed by atoms with van der Waals surface area (Å²) in [6.07, 6.45) is 5.68. The molecule has 1 N–H and O–H groups in total. The van der Waals surface area contributed by atoms with Crippen molar-refractivity contribution in [2.75, 3.05) is 33.4 Å². The van der Waals surface area contributed by atoms with Crippen molar-refractivity contribution in [2.24, 2.45) is 0 Å². The molecule has 0 saturated carbocycles. The molecule has 0 spiro atoms. The van der Waals surface area contributed by atoms with Gasteiger partial charge >= 0.3 is 5.97 Å². The van der Waals surface area contributed by atoms with E-state index in [1.807, 2.05) is 98.1 Å². The van der Waals surface area contributed by atoms with Crippen LogP contribution in [0.1, 0.15) is 62.0 Å². The van der Waals surface area contributed by atoms with E-state index in [-0.39, 0.29) is 17.9 Å². The predicted molar refractivity (Wildman–Crippen MR) is 155 cm³/mol. The fourth-order valence-electron chi connectivity index (χ4n) is 5.25. The minimum Gasteiger partial charge on any atom is -0.492 e. The molecule has 40 heavy (non-hydrogen) atoms. The maximum absolute atomic E-state index is 14.0. The van der Waals surface area contributed by atoms with Crippen molar-refractivity contribution in [2.45, 2.75) is 58.5 Å². The molecule has 1 aromatic heterocycles. The molecule has 4 rings (SSSR count). The van der Waals surface area contributed by atoms with Gasteiger partial charge in [0, 0.05) is 30.5 Å². The van der Waals surface area contributed by atoms with Gasteiger partial charge in [-0.2, -0.15) is 0 Å². The highest BCUT2D eigenvalue weighted by Gasteiger charge is 2.32. The Kier molecular flexibility index (Phi) is 9.53. The van der Waals surface area contributed by atoms with Gasteiger partial charge in [0.1, 0.15) is 17.2 Å². The van der Waals surface area contributed by atoms with Gasteiger partial charge in [0.15, 0.2) is 0 Å². The van der Waals surface area contributed by atoms with Crippen molar-refractivity contribution in [3.63, 3.8) is 0 Å². The smallest absolute Gasteiger partial charge is 0.315 e. The zero-order valence-corrected chi connectivity index (χ0v) is 24.2. The molecule has 1 aliphatic rings. The minimum atomic E-state index is -0.808. The fourth-order valence-corrected chi connectivity index (χ4v) is 5.25. The van der Waals surface area contributed by atoms with Crippen LogP contribution < -0.4 is 14.8 Å². The number of hydrogen-bond acceptors (Lipinski definition) is 6. The number of methoxy groups -OCH3 is 1. The Balaban J connectivity index is 1.69. The lowest BCUT2D eigenvalue weighted by Gasteiger charge is -2.35. The molecule has 1 saturated heterocycles. The third kappa shape index (κ3) is 6.33. The number of nitrogens with one attached hydrogen (secondary N) is 1. The Labute approximate surface area is 237 Å². The Morgan fingerprint density at radius 2 is 1.55 bits per heavy atom. The van der Waals surface area contributed by atoms with E-state index in [4.69, 9.17) is 14.2 Å². The molecule has 1 amide bonds. The number of esters is 1. The molecule has 2 heterocycles. The second-order valence-corrected chi connectivity index (χ2v) is 10.5. The molecule has 214 valence electrons. The number of nitrogens with zero attached hydrogens (tertiary/aromatic N) is 2. The molecule has 0 bridgehead atoms. The van der Waals surface area contributed by atoms with Gasteiger partial charge in [-0.1, -0.05) is 12.1 Å². The van der Waals surface area contributed by atoms with Crippen LogP contribution in [-0.2, 0) is 21.5 Å². The van der Waals surface area contributed by atoms with Crippen LogP contribution in [0.25, 0.3) is 5.69 Å². The number of amides is 1. The summed E-state index contributed by atoms with van der Waals surface area (Å²) in [5.74, 6) is 1.07. The van der Waals surface area contributed by atoms with Crippen LogP contribution in [0, 0.1) is 0 Å². The van der Waals surface area contributed by atoms with E-state index in [1.165, 1.54) is 7.11 Å². The first-order valence-electron chi connectivity index (χ1n) is 14.1. The average molecular weight is 548 g/mol. The van der Waals surface area contributed by atoms with Gasteiger partial charge in [0.05, 0.1) is 25.7 Å². The van der Waals surface area contributed by atoms with E-state index in [2.05, 4.69) is 5.32 Å². The van der Waals surface area contributed by atoms with Crippen molar-refractivity contribution in [1.82, 2.24) is 14.8 Å². The van der Waals surface area contributed by atoms with Crippen molar-refractivity contribution >= 4 is 11.9 Å². The molecule has 3 aromatic rings. The molecular weight excluding hydrogens is 506 g/mol. The Morgan fingerprint density at radius 3 is 2.08 bits per heavy atom. The predicted octanol–water partition coefficient (Wildman–Crippen LogP) is 5.12. The minimum absolute atomic E-state index is 0.0419. The summed E-state index contributed by atoms with van der Waals surface area (Å²) in [5, 5.41) is 3.40. The average Bonchev–Trinajstić information content (AvgIpc) is 3.50. The third-order valence-electron chi connectivity index (χ3n) is 7.47. The Bertz CT molecular complexity index is 1250. The van der Waals surface area contributed by atoms with Crippen molar-refractivity contribution in [1.29, 1.82) is 0 Å². The lowest BCUT2D eigenvalue weighted by Crippen LogP contribution is -2.45. The van der Waals surface area contributed by atoms with Crippen LogP contribution in [-0.4, -0.2) is 60.8 Å². The van der Waals surface area contributed by atoms with Crippen LogP contribution in [0.5, 0.6) is 11.5 Å². The number of hydrogen-bond donors (Lipinski definition) is 1. The van der Waals surface area contributed by atoms with E-state index in [9.17, 15) is 9.59 Å². The topological polar surface area (TPSA) is 82.0 Å². The highest BCUT2D eigenvalue weighted by Crippen LogP contribution is 2.36. The molecule has 0 aliphatic carbocycles. The summed E-state index contributed by atoms with van der Waals surface area (Å²) in [5.41, 5.74) is 2.37. The van der Waals surface area contributed by atoms with Gasteiger partial charge in [0.2, 0.25) is 0 Å². The fraction of sp³-hybridized carbons (Fsp3) is 0.438. The number of rotatable bonds is 11. The number of benzene rings is 2. The number of piperidine rings is 1. The van der Waals surface area contributed by atoms with Crippen LogP contribution in [0.4, 0.5) is 0 Å². The quantitative estimate of drug-likeness (QED) is 0.336. The van der Waals surface area contributed by atoms with Crippen LogP contribution in [0.3, 0.4) is 0 Å². The SMILES string of the molecule is CCOc1cc(CN(C(=O)c2ccc(C(C)(C)C(=O)OC)cc2)C2CCNCC2)cc(OCC)c1-n1cccc1. The second-order valence-electron chi connectivity index (χ2n) is 10.5. The van der Waals surface area contributed by atoms with Gasteiger partial charge < -0.3 is 29.0 Å². The summed E-state index contributed by atoms with van der Waals surface area (Å²) < 4.78 is 19.1. The molecule has 0 atom stereocenters. The highest BCUT2D eigenvalue weighted by molar-refractivity contribution is 5.94. The molecule has 8 nitrogen and oxygen atoms in total. The molecule has 8 heteroatoms. The maximum Gasteiger partial charge on any atom is 0.315 e. The van der Waals surface area contributed by atoms with E-state index in [0.29, 0.717) is 36.8 Å². The summed E-state index contributed by atoms with van der Waals surface area (Å²) in [6.45, 7) is 10.7. The van der Waals surface area contributed by atoms with Crippen molar-refractivity contribution < 1.29 is 23.8 Å². The van der Waals surface area contributed by atoms with E-state index >= 15 is 0 Å². The van der Waals surface area contributed by atoms with Gasteiger partial charge in [-0.25, -0.2) is 0 Å². The lowest BCUT2D eigenvalue weighted by molar-refractivity contribution is -0.146. The molecule has 2 aromatic carbocycles. The number of ether oxygens (including phenoxy) is 3. The molecule has 1 fully saturated rings. The van der Waals surface area contributed by atoms with Gasteiger partial charge in [-0.3, -0.25) is 9.59 Å². The zero-order chi connectivity index (χ0) is 28.7. The normalized spacial score (nSPS) is 14.0. The summed E-state index contributed by atoms with van der Waals surface area (Å²) in [6, 6.07) is 15.4. The zero-order valence-electron chi connectivity index (χ0n) is 24.2. The monoisotopic (exact) mass is 547 g/mol. The standard InChI is InChI=1S/C32H41N3O5/c1-6-39-27-20-23(21-28(40-7-2)29(27)34-18-8-9-19-34)22-35(26-14-16-33-17-15-26)30(36)24-10-12-25(13-11-24)32(3,4)31(37)38-5/h8-13,18-21,26,33H,6-7,14-17,22H2,1-5H3. The number of carbonyl (C=O) groups excluding carboxylic acids is 2. The number of aromatic nitrogens is 1. The number of carbonyl (C=O) groups is 2. The van der Waals surface area contributed by atoms with Gasteiger partial charge in [-0.05, 0) is 101 Å². The maximum atomic E-state index is 14.0. The molecule has 0 unspecified atom stereocenters. The van der Waals surface area contributed by atoms with Crippen LogP contribution in [0.15, 0.2) is 60.9 Å². The molecule has 1 aliphatic heterocycles. The first kappa shape index (κ1) is 29.2. The van der Waals surface area contributed by atoms with Gasteiger partial charge in [-0.15, -0.1) is 0 Å². The Morgan fingerprint density at radius 1 is 0.975 bits per heavy atom.